The summed E-state index contributed by atoms with van der Waals surface area (Å²) < 4.78 is 5.11. The molecule has 19 heavy (non-hydrogen) atoms. The van der Waals surface area contributed by atoms with Crippen LogP contribution in [0.2, 0.25) is 9.56 Å². The number of hydrogen-bond acceptors (Lipinski definition) is 3. The molecule has 0 N–H and O–H groups in total. The predicted molar refractivity (Wildman–Crippen MR) is 90.2 cm³/mol. The van der Waals surface area contributed by atoms with Gasteiger partial charge >= 0.3 is 46.7 Å². The van der Waals surface area contributed by atoms with E-state index in [-0.39, 0.29) is 30.4 Å². The molecule has 2 unspecified atom stereocenters. The second-order valence-electron chi connectivity index (χ2n) is 5.91. The molecule has 0 aliphatic carbocycles. The lowest BCUT2D eigenvalue weighted by Gasteiger charge is -2.11. The summed E-state index contributed by atoms with van der Waals surface area (Å²) in [4.78, 5) is 14.1. The Labute approximate surface area is 138 Å². The van der Waals surface area contributed by atoms with Gasteiger partial charge in [0.25, 0.3) is 0 Å². The highest BCUT2D eigenvalue weighted by Crippen LogP contribution is 2.09. The molecule has 0 bridgehead atoms. The third-order valence-electron chi connectivity index (χ3n) is 3.46. The van der Waals surface area contributed by atoms with E-state index in [0.29, 0.717) is 0 Å². The number of hydrogen-bond donors (Lipinski definition) is 0. The second-order valence-corrected chi connectivity index (χ2v) is 11.7. The minimum absolute atomic E-state index is 0.304. The molecule has 0 aliphatic heterocycles. The Morgan fingerprint density at radius 3 is 1.68 bits per heavy atom. The van der Waals surface area contributed by atoms with Gasteiger partial charge in [-0.1, -0.05) is 62.9 Å². The Bertz CT molecular complexity index is 355. The SMILES string of the molecule is CCC[CH](C)[AlH][c]1n[c]([AlH2])n[c]([AlH][CH](C)CCC)n1. The van der Waals surface area contributed by atoms with Crippen LogP contribution in [0.15, 0.2) is 0 Å². The average molecular weight is 305 g/mol. The van der Waals surface area contributed by atoms with Crippen molar-refractivity contribution in [2.75, 3.05) is 0 Å². The zero-order valence-electron chi connectivity index (χ0n) is 13.2. The monoisotopic (exact) mass is 305 g/mol. The molecule has 102 valence electrons. The third-order valence-corrected chi connectivity index (χ3v) is 7.49. The molecule has 2 atom stereocenters. The maximum absolute atomic E-state index is 4.80. The van der Waals surface area contributed by atoms with Crippen LogP contribution >= 0.6 is 0 Å². The fraction of sp³-hybridized carbons (Fsp3) is 0.769. The third kappa shape index (κ3) is 7.25. The van der Waals surface area contributed by atoms with E-state index in [4.69, 9.17) is 4.98 Å². The van der Waals surface area contributed by atoms with Crippen molar-refractivity contribution in [2.24, 2.45) is 0 Å². The maximum atomic E-state index is 4.80. The molecule has 0 aromatic carbocycles. The van der Waals surface area contributed by atoms with Crippen LogP contribution in [0, 0.1) is 0 Å². The summed E-state index contributed by atoms with van der Waals surface area (Å²) in [6.07, 6.45) is 5.21. The molecule has 3 nitrogen and oxygen atoms in total. The Morgan fingerprint density at radius 2 is 1.32 bits per heavy atom. The number of rotatable bonds is 8. The van der Waals surface area contributed by atoms with Gasteiger partial charge in [0.05, 0.1) is 0 Å². The minimum atomic E-state index is -0.304. The van der Waals surface area contributed by atoms with E-state index in [2.05, 4.69) is 37.7 Å². The largest absolute Gasteiger partial charge is 0.348 e. The maximum Gasteiger partial charge on any atom is 0.348 e. The predicted octanol–water partition coefficient (Wildman–Crippen LogP) is -0.529. The van der Waals surface area contributed by atoms with Crippen LogP contribution in [0.4, 0.5) is 0 Å². The molecule has 1 rings (SSSR count). The first-order valence-corrected chi connectivity index (χ1v) is 11.8. The first-order chi connectivity index (χ1) is 9.05. The lowest BCUT2D eigenvalue weighted by atomic mass is 10.3. The topological polar surface area (TPSA) is 38.7 Å². The van der Waals surface area contributed by atoms with Crippen LogP contribution in [-0.2, 0) is 0 Å². The van der Waals surface area contributed by atoms with Crippen molar-refractivity contribution in [3.05, 3.63) is 0 Å². The van der Waals surface area contributed by atoms with Gasteiger partial charge in [-0.3, -0.25) is 15.0 Å². The summed E-state index contributed by atoms with van der Waals surface area (Å²) in [7, 11) is 0. The van der Waals surface area contributed by atoms with E-state index in [1.54, 1.807) is 0 Å². The fourth-order valence-corrected chi connectivity index (χ4v) is 7.62. The molecule has 0 saturated carbocycles. The summed E-state index contributed by atoms with van der Waals surface area (Å²) in [5.41, 5.74) is 0. The van der Waals surface area contributed by atoms with Gasteiger partial charge in [0.1, 0.15) is 0 Å². The molecular weight excluding hydrogens is 279 g/mol. The van der Waals surface area contributed by atoms with E-state index in [9.17, 15) is 0 Å². The zero-order valence-corrected chi connectivity index (χ0v) is 18.1. The van der Waals surface area contributed by atoms with E-state index in [0.717, 1.165) is 30.5 Å². The van der Waals surface area contributed by atoms with Crippen molar-refractivity contribution in [1.29, 1.82) is 0 Å². The van der Waals surface area contributed by atoms with Crippen LogP contribution < -0.4 is 14.1 Å². The zero-order chi connectivity index (χ0) is 14.3. The molecule has 0 spiro atoms. The van der Waals surface area contributed by atoms with Crippen molar-refractivity contribution in [3.8, 4) is 0 Å². The van der Waals surface area contributed by atoms with Gasteiger partial charge in [0, 0.05) is 14.1 Å². The summed E-state index contributed by atoms with van der Waals surface area (Å²) in [5.74, 6) is 0. The number of nitrogens with zero attached hydrogens (tertiary/aromatic N) is 3. The van der Waals surface area contributed by atoms with Gasteiger partial charge in [-0.15, -0.1) is 0 Å². The van der Waals surface area contributed by atoms with Gasteiger partial charge in [0.2, 0.25) is 0 Å². The van der Waals surface area contributed by atoms with Gasteiger partial charge in [-0.05, 0) is 0 Å². The summed E-state index contributed by atoms with van der Waals surface area (Å²) in [6, 6.07) is 0. The smallest absolute Gasteiger partial charge is 0.259 e. The summed E-state index contributed by atoms with van der Waals surface area (Å²) in [6.45, 7) is 9.26. The van der Waals surface area contributed by atoms with Crippen LogP contribution in [-0.4, -0.2) is 61.7 Å². The first-order valence-electron chi connectivity index (χ1n) is 7.75. The molecule has 0 amide bonds. The van der Waals surface area contributed by atoms with Gasteiger partial charge < -0.3 is 0 Å². The van der Waals surface area contributed by atoms with Crippen molar-refractivity contribution in [2.45, 2.75) is 62.9 Å². The Kier molecular flexibility index (Phi) is 8.85. The van der Waals surface area contributed by atoms with Crippen LogP contribution in [0.3, 0.4) is 0 Å². The molecule has 0 fully saturated rings. The quantitative estimate of drug-likeness (QED) is 0.606. The lowest BCUT2D eigenvalue weighted by Crippen LogP contribution is -2.43. The Balaban J connectivity index is 2.70. The second kappa shape index (κ2) is 9.53. The fourth-order valence-electron chi connectivity index (χ4n) is 2.59. The minimum Gasteiger partial charge on any atom is -0.259 e. The van der Waals surface area contributed by atoms with Crippen molar-refractivity contribution >= 4 is 60.8 Å². The Morgan fingerprint density at radius 1 is 0.895 bits per heavy atom. The molecule has 1 aromatic heterocycles. The van der Waals surface area contributed by atoms with Crippen molar-refractivity contribution in [3.63, 3.8) is 0 Å². The Hall–Kier alpha value is 0.607. The van der Waals surface area contributed by atoms with E-state index >= 15 is 0 Å². The van der Waals surface area contributed by atoms with E-state index < -0.39 is 0 Å². The molecule has 0 radical (unpaired) electrons. The van der Waals surface area contributed by atoms with E-state index in [1.165, 1.54) is 35.1 Å². The molecule has 1 aromatic rings. The molecular formula is C13H26Al3N3. The van der Waals surface area contributed by atoms with Crippen LogP contribution in [0.1, 0.15) is 53.4 Å². The molecule has 0 aliphatic rings. The average Bonchev–Trinajstić information content (AvgIpc) is 2.28. The number of aromatic nitrogens is 3. The van der Waals surface area contributed by atoms with Crippen molar-refractivity contribution < 1.29 is 0 Å². The van der Waals surface area contributed by atoms with E-state index in [1.807, 2.05) is 0 Å². The van der Waals surface area contributed by atoms with Crippen LogP contribution in [0.5, 0.6) is 0 Å². The summed E-state index contributed by atoms with van der Waals surface area (Å²) in [5, 5.41) is 0. The highest BCUT2D eigenvalue weighted by molar-refractivity contribution is 6.56. The summed E-state index contributed by atoms with van der Waals surface area (Å²) >= 11 is 0.351. The normalized spacial score (nSPS) is 13.9. The lowest BCUT2D eigenvalue weighted by molar-refractivity contribution is 0.762. The van der Waals surface area contributed by atoms with Gasteiger partial charge in [0.15, 0.2) is 0 Å². The molecule has 1 heterocycles. The standard InChI is InChI=1S/2C5H11.C3N3.3Al.4H/c2*1-3-5-4-2;1-4-2-6-3-5-1;;;;;;;/h2*3H,4-5H2,1-2H3;;;;;;;;. The highest BCUT2D eigenvalue weighted by Gasteiger charge is 2.15. The van der Waals surface area contributed by atoms with Crippen LogP contribution in [0.25, 0.3) is 0 Å². The van der Waals surface area contributed by atoms with Gasteiger partial charge in [-0.2, -0.15) is 0 Å². The van der Waals surface area contributed by atoms with Crippen molar-refractivity contribution in [1.82, 2.24) is 15.0 Å². The molecule has 0 saturated heterocycles. The molecule has 6 heteroatoms. The van der Waals surface area contributed by atoms with Gasteiger partial charge in [-0.25, -0.2) is 0 Å². The highest BCUT2D eigenvalue weighted by atomic mass is 27.1. The first kappa shape index (κ1) is 17.7.